The second kappa shape index (κ2) is 2.37. The lowest BCUT2D eigenvalue weighted by atomic mass is 10.3. The minimum absolute atomic E-state index is 0.0283. The molecule has 2 aliphatic heterocycles. The molecule has 1 atom stereocenters. The number of nitrogens with one attached hydrogen (secondary N) is 1. The Morgan fingerprint density at radius 1 is 1.67 bits per heavy atom. The normalized spacial score (nSPS) is 24.8. The van der Waals surface area contributed by atoms with E-state index in [0.29, 0.717) is 0 Å². The monoisotopic (exact) mass is 165 g/mol. The summed E-state index contributed by atoms with van der Waals surface area (Å²) >= 11 is 0. The first kappa shape index (κ1) is 6.90. The third kappa shape index (κ3) is 0.868. The van der Waals surface area contributed by atoms with E-state index >= 15 is 0 Å². The first-order valence-electron chi connectivity index (χ1n) is 3.49. The van der Waals surface area contributed by atoms with Gasteiger partial charge in [0.15, 0.2) is 0 Å². The van der Waals surface area contributed by atoms with Gasteiger partial charge in [0.05, 0.1) is 0 Å². The maximum Gasteiger partial charge on any atom is 0.373 e. The second-order valence-corrected chi connectivity index (χ2v) is 2.45. The maximum absolute atomic E-state index is 10.6. The van der Waals surface area contributed by atoms with Crippen molar-refractivity contribution in [1.29, 1.82) is 0 Å². The Morgan fingerprint density at radius 2 is 2.50 bits per heavy atom. The summed E-state index contributed by atoms with van der Waals surface area (Å²) in [5.74, 6) is -0.995. The minimum Gasteiger partial charge on any atom is -0.475 e. The van der Waals surface area contributed by atoms with Crippen molar-refractivity contribution in [3.8, 4) is 0 Å². The molecule has 0 saturated carbocycles. The topological polar surface area (TPSA) is 64.9 Å². The van der Waals surface area contributed by atoms with Crippen LogP contribution in [-0.4, -0.2) is 28.0 Å². The van der Waals surface area contributed by atoms with E-state index < -0.39 is 5.97 Å². The number of amidine groups is 1. The number of carbonyl (C=O) groups is 1. The van der Waals surface area contributed by atoms with Crippen molar-refractivity contribution in [2.45, 2.75) is 6.17 Å². The molecule has 5 heteroatoms. The second-order valence-electron chi connectivity index (χ2n) is 2.45. The van der Waals surface area contributed by atoms with Gasteiger partial charge in [0.25, 0.3) is 0 Å². The van der Waals surface area contributed by atoms with Crippen molar-refractivity contribution in [1.82, 2.24) is 10.3 Å². The maximum atomic E-state index is 10.6. The van der Waals surface area contributed by atoms with E-state index in [2.05, 4.69) is 10.5 Å². The number of hydrazone groups is 1. The predicted molar refractivity (Wildman–Crippen MR) is 42.1 cm³/mol. The molecule has 0 aromatic carbocycles. The van der Waals surface area contributed by atoms with Crippen LogP contribution in [0.2, 0.25) is 0 Å². The van der Waals surface area contributed by atoms with Gasteiger partial charge < -0.3 is 5.11 Å². The van der Waals surface area contributed by atoms with Crippen LogP contribution in [0.15, 0.2) is 29.5 Å². The summed E-state index contributed by atoms with van der Waals surface area (Å²) in [4.78, 5) is 12.1. The highest BCUT2D eigenvalue weighted by Gasteiger charge is 2.29. The standard InChI is InChI=1S/C7H7N3O2/c11-7(12)6-9-8-5-3-1-2-4-10(5)6/h1-5,8H,(H,11,12)/t5-/m0/s1. The van der Waals surface area contributed by atoms with Gasteiger partial charge in [-0.3, -0.25) is 10.3 Å². The molecule has 0 aliphatic carbocycles. The van der Waals surface area contributed by atoms with Gasteiger partial charge in [0.2, 0.25) is 5.84 Å². The zero-order valence-corrected chi connectivity index (χ0v) is 6.14. The smallest absolute Gasteiger partial charge is 0.373 e. The summed E-state index contributed by atoms with van der Waals surface area (Å²) in [6.45, 7) is 0. The van der Waals surface area contributed by atoms with Crippen molar-refractivity contribution in [3.63, 3.8) is 0 Å². The van der Waals surface area contributed by atoms with Crippen LogP contribution < -0.4 is 5.43 Å². The number of rotatable bonds is 1. The summed E-state index contributed by atoms with van der Waals surface area (Å²) < 4.78 is 0. The summed E-state index contributed by atoms with van der Waals surface area (Å²) in [6.07, 6.45) is 6.98. The fourth-order valence-corrected chi connectivity index (χ4v) is 1.15. The molecule has 62 valence electrons. The van der Waals surface area contributed by atoms with Crippen molar-refractivity contribution in [2.24, 2.45) is 5.10 Å². The van der Waals surface area contributed by atoms with Crippen molar-refractivity contribution >= 4 is 11.8 Å². The number of aliphatic carboxylic acids is 1. The molecule has 5 nitrogen and oxygen atoms in total. The van der Waals surface area contributed by atoms with Gasteiger partial charge in [0.1, 0.15) is 6.17 Å². The molecule has 2 heterocycles. The van der Waals surface area contributed by atoms with E-state index in [1.807, 2.05) is 12.2 Å². The quantitative estimate of drug-likeness (QED) is 0.559. The van der Waals surface area contributed by atoms with Crippen LogP contribution in [-0.2, 0) is 4.79 Å². The third-order valence-corrected chi connectivity index (χ3v) is 1.69. The van der Waals surface area contributed by atoms with Gasteiger partial charge in [-0.1, -0.05) is 6.08 Å². The third-order valence-electron chi connectivity index (χ3n) is 1.69. The fourth-order valence-electron chi connectivity index (χ4n) is 1.15. The first-order chi connectivity index (χ1) is 5.79. The van der Waals surface area contributed by atoms with E-state index in [-0.39, 0.29) is 12.0 Å². The predicted octanol–water partition coefficient (Wildman–Crippen LogP) is -0.301. The van der Waals surface area contributed by atoms with Crippen LogP contribution in [0.1, 0.15) is 0 Å². The van der Waals surface area contributed by atoms with Gasteiger partial charge in [-0.05, 0) is 12.2 Å². The number of carboxylic acid groups (broad SMARTS) is 1. The van der Waals surface area contributed by atoms with Crippen molar-refractivity contribution in [3.05, 3.63) is 24.4 Å². The van der Waals surface area contributed by atoms with Gasteiger partial charge in [-0.15, -0.1) is 0 Å². The van der Waals surface area contributed by atoms with Crippen LogP contribution in [0.25, 0.3) is 0 Å². The van der Waals surface area contributed by atoms with Crippen LogP contribution in [0, 0.1) is 0 Å². The van der Waals surface area contributed by atoms with E-state index in [0.717, 1.165) is 0 Å². The lowest BCUT2D eigenvalue weighted by Crippen LogP contribution is -2.38. The van der Waals surface area contributed by atoms with Gasteiger partial charge in [-0.25, -0.2) is 4.79 Å². The average Bonchev–Trinajstić information content (AvgIpc) is 2.47. The number of nitrogens with zero attached hydrogens (tertiary/aromatic N) is 2. The molecule has 0 fully saturated rings. The summed E-state index contributed by atoms with van der Waals surface area (Å²) in [7, 11) is 0. The molecule has 2 aliphatic rings. The lowest BCUT2D eigenvalue weighted by Gasteiger charge is -2.20. The van der Waals surface area contributed by atoms with Crippen LogP contribution in [0.3, 0.4) is 0 Å². The Balaban J connectivity index is 2.26. The Morgan fingerprint density at radius 3 is 3.25 bits per heavy atom. The highest BCUT2D eigenvalue weighted by molar-refractivity contribution is 6.35. The molecule has 0 bridgehead atoms. The molecule has 2 rings (SSSR count). The molecule has 0 aromatic rings. The SMILES string of the molecule is O=C(O)C1=NN[C@@H]2C=CC=CN12. The number of hydrogen-bond acceptors (Lipinski definition) is 4. The Kier molecular flexibility index (Phi) is 1.36. The molecule has 12 heavy (non-hydrogen) atoms. The molecule has 2 N–H and O–H groups in total. The molecule has 0 spiro atoms. The number of allylic oxidation sites excluding steroid dienone is 2. The summed E-state index contributed by atoms with van der Waals surface area (Å²) in [5.41, 5.74) is 2.68. The largest absolute Gasteiger partial charge is 0.475 e. The van der Waals surface area contributed by atoms with E-state index in [9.17, 15) is 4.79 Å². The van der Waals surface area contributed by atoms with Gasteiger partial charge in [-0.2, -0.15) is 5.10 Å². The van der Waals surface area contributed by atoms with Gasteiger partial charge >= 0.3 is 5.97 Å². The lowest BCUT2D eigenvalue weighted by molar-refractivity contribution is -0.130. The summed E-state index contributed by atoms with van der Waals surface area (Å²) in [6, 6.07) is 0. The number of carboxylic acids is 1. The zero-order valence-electron chi connectivity index (χ0n) is 6.14. The Hall–Kier alpha value is -1.78. The first-order valence-corrected chi connectivity index (χ1v) is 3.49. The molecular weight excluding hydrogens is 158 g/mol. The van der Waals surface area contributed by atoms with Crippen molar-refractivity contribution < 1.29 is 9.90 Å². The average molecular weight is 165 g/mol. The Bertz CT molecular complexity index is 306. The van der Waals surface area contributed by atoms with Gasteiger partial charge in [0, 0.05) is 6.20 Å². The Labute approximate surface area is 68.7 Å². The highest BCUT2D eigenvalue weighted by Crippen LogP contribution is 2.11. The summed E-state index contributed by atoms with van der Waals surface area (Å²) in [5, 5.41) is 12.4. The van der Waals surface area contributed by atoms with Crippen LogP contribution in [0.4, 0.5) is 0 Å². The number of hydrogen-bond donors (Lipinski definition) is 2. The number of fused-ring (bicyclic) bond motifs is 1. The molecule has 0 aromatic heterocycles. The van der Waals surface area contributed by atoms with E-state index in [1.165, 1.54) is 0 Å². The van der Waals surface area contributed by atoms with Crippen LogP contribution >= 0.6 is 0 Å². The van der Waals surface area contributed by atoms with Crippen molar-refractivity contribution in [2.75, 3.05) is 0 Å². The van der Waals surface area contributed by atoms with Crippen LogP contribution in [0.5, 0.6) is 0 Å². The van der Waals surface area contributed by atoms with E-state index in [1.54, 1.807) is 17.2 Å². The zero-order chi connectivity index (χ0) is 8.55. The molecular formula is C7H7N3O2. The minimum atomic E-state index is -1.02. The molecule has 0 radical (unpaired) electrons. The highest BCUT2D eigenvalue weighted by atomic mass is 16.4. The van der Waals surface area contributed by atoms with E-state index in [4.69, 9.17) is 5.11 Å². The molecule has 0 amide bonds. The molecule has 0 unspecified atom stereocenters. The molecule has 0 saturated heterocycles. The fraction of sp³-hybridized carbons (Fsp3) is 0.143.